The minimum absolute atomic E-state index is 0.459. The van der Waals surface area contributed by atoms with Crippen LogP contribution in [0.1, 0.15) is 36.9 Å². The maximum absolute atomic E-state index is 5.45. The van der Waals surface area contributed by atoms with E-state index < -0.39 is 0 Å². The van der Waals surface area contributed by atoms with Crippen LogP contribution in [0.2, 0.25) is 0 Å². The first-order valence-electron chi connectivity index (χ1n) is 5.66. The van der Waals surface area contributed by atoms with Gasteiger partial charge in [-0.1, -0.05) is 0 Å². The van der Waals surface area contributed by atoms with E-state index in [1.54, 1.807) is 6.26 Å². The highest BCUT2D eigenvalue weighted by molar-refractivity contribution is 5.05. The Hall–Kier alpha value is -0.870. The third kappa shape index (κ3) is 2.38. The molecule has 1 aromatic rings. The monoisotopic (exact) mass is 209 g/mol. The van der Waals surface area contributed by atoms with E-state index in [1.165, 1.54) is 12.8 Å². The molecule has 2 N–H and O–H groups in total. The number of aryl methyl sites for hydroxylation is 1. The van der Waals surface area contributed by atoms with Crippen LogP contribution < -0.4 is 5.73 Å². The van der Waals surface area contributed by atoms with Gasteiger partial charge in [0.1, 0.15) is 6.26 Å². The third-order valence-corrected chi connectivity index (χ3v) is 3.03. The maximum Gasteiger partial charge on any atom is 0.194 e. The number of rotatable bonds is 4. The summed E-state index contributed by atoms with van der Waals surface area (Å²) in [5.41, 5.74) is 6.53. The van der Waals surface area contributed by atoms with Gasteiger partial charge in [-0.3, -0.25) is 4.90 Å². The average molecular weight is 209 g/mol. The lowest BCUT2D eigenvalue weighted by molar-refractivity contribution is 0.311. The molecule has 1 saturated heterocycles. The Bertz CT molecular complexity index is 311. The van der Waals surface area contributed by atoms with Gasteiger partial charge in [-0.15, -0.1) is 0 Å². The lowest BCUT2D eigenvalue weighted by Gasteiger charge is -2.15. The Morgan fingerprint density at radius 2 is 2.53 bits per heavy atom. The van der Waals surface area contributed by atoms with Crippen LogP contribution in [0.4, 0.5) is 0 Å². The molecule has 0 saturated carbocycles. The number of aromatic nitrogens is 1. The maximum atomic E-state index is 5.45. The summed E-state index contributed by atoms with van der Waals surface area (Å²) >= 11 is 0. The lowest BCUT2D eigenvalue weighted by atomic mass is 10.2. The Morgan fingerprint density at radius 3 is 3.20 bits per heavy atom. The molecule has 1 aliphatic rings. The zero-order valence-corrected chi connectivity index (χ0v) is 9.28. The first-order chi connectivity index (χ1) is 7.31. The molecule has 4 nitrogen and oxygen atoms in total. The van der Waals surface area contributed by atoms with Crippen LogP contribution in [0, 0.1) is 0 Å². The van der Waals surface area contributed by atoms with Crippen LogP contribution in [0.25, 0.3) is 0 Å². The van der Waals surface area contributed by atoms with Crippen molar-refractivity contribution in [1.82, 2.24) is 9.88 Å². The van der Waals surface area contributed by atoms with Gasteiger partial charge in [-0.05, 0) is 39.4 Å². The minimum Gasteiger partial charge on any atom is -0.449 e. The summed E-state index contributed by atoms with van der Waals surface area (Å²) in [6.07, 6.45) is 6.05. The molecule has 2 heterocycles. The summed E-state index contributed by atoms with van der Waals surface area (Å²) in [5, 5.41) is 0. The van der Waals surface area contributed by atoms with Crippen LogP contribution in [0.15, 0.2) is 10.7 Å². The van der Waals surface area contributed by atoms with Crippen molar-refractivity contribution in [2.24, 2.45) is 5.73 Å². The van der Waals surface area contributed by atoms with Crippen LogP contribution in [-0.4, -0.2) is 30.0 Å². The smallest absolute Gasteiger partial charge is 0.194 e. The predicted octanol–water partition coefficient (Wildman–Crippen LogP) is 1.33. The van der Waals surface area contributed by atoms with Gasteiger partial charge in [0.25, 0.3) is 0 Å². The molecule has 0 spiro atoms. The van der Waals surface area contributed by atoms with Crippen molar-refractivity contribution in [1.29, 1.82) is 0 Å². The van der Waals surface area contributed by atoms with E-state index in [0.717, 1.165) is 31.0 Å². The Labute approximate surface area is 90.5 Å². The molecule has 1 atom stereocenters. The molecule has 0 aromatic carbocycles. The topological polar surface area (TPSA) is 55.3 Å². The number of oxazole rings is 1. The summed E-state index contributed by atoms with van der Waals surface area (Å²) in [7, 11) is 2.14. The van der Waals surface area contributed by atoms with E-state index in [1.807, 2.05) is 0 Å². The quantitative estimate of drug-likeness (QED) is 0.813. The first kappa shape index (κ1) is 10.6. The van der Waals surface area contributed by atoms with Crippen LogP contribution in [-0.2, 0) is 6.42 Å². The fourth-order valence-corrected chi connectivity index (χ4v) is 2.13. The van der Waals surface area contributed by atoms with Crippen LogP contribution in [0.3, 0.4) is 0 Å². The van der Waals surface area contributed by atoms with Crippen molar-refractivity contribution >= 4 is 0 Å². The van der Waals surface area contributed by atoms with E-state index in [4.69, 9.17) is 10.2 Å². The number of likely N-dealkylation sites (tertiary alicyclic amines) is 1. The molecule has 84 valence electrons. The fraction of sp³-hybridized carbons (Fsp3) is 0.727. The molecule has 0 amide bonds. The highest BCUT2D eigenvalue weighted by atomic mass is 16.3. The second-order valence-electron chi connectivity index (χ2n) is 4.20. The van der Waals surface area contributed by atoms with Crippen LogP contribution >= 0.6 is 0 Å². The molecular formula is C11H19N3O. The second-order valence-corrected chi connectivity index (χ2v) is 4.20. The average Bonchev–Trinajstić information content (AvgIpc) is 2.83. The van der Waals surface area contributed by atoms with Gasteiger partial charge in [0, 0.05) is 6.42 Å². The number of nitrogens with zero attached hydrogens (tertiary/aromatic N) is 2. The van der Waals surface area contributed by atoms with E-state index in [0.29, 0.717) is 12.6 Å². The fourth-order valence-electron chi connectivity index (χ4n) is 2.13. The molecule has 1 aromatic heterocycles. The zero-order valence-electron chi connectivity index (χ0n) is 9.28. The first-order valence-corrected chi connectivity index (χ1v) is 5.66. The molecule has 0 bridgehead atoms. The third-order valence-electron chi connectivity index (χ3n) is 3.03. The lowest BCUT2D eigenvalue weighted by Crippen LogP contribution is -2.17. The highest BCUT2D eigenvalue weighted by Crippen LogP contribution is 2.29. The summed E-state index contributed by atoms with van der Waals surface area (Å²) in [4.78, 5) is 6.85. The number of hydrogen-bond donors (Lipinski definition) is 1. The van der Waals surface area contributed by atoms with Gasteiger partial charge < -0.3 is 10.2 Å². The van der Waals surface area contributed by atoms with Crippen molar-refractivity contribution in [3.8, 4) is 0 Å². The minimum atomic E-state index is 0.459. The molecule has 2 rings (SSSR count). The van der Waals surface area contributed by atoms with Gasteiger partial charge in [-0.25, -0.2) is 4.98 Å². The van der Waals surface area contributed by atoms with Gasteiger partial charge >= 0.3 is 0 Å². The standard InChI is InChI=1S/C11H19N3O/c1-14-7-3-4-10(14)9-8-15-11(13-9)5-2-6-12/h8,10H,2-7,12H2,1H3. The van der Waals surface area contributed by atoms with Crippen molar-refractivity contribution in [3.63, 3.8) is 0 Å². The number of hydrogen-bond acceptors (Lipinski definition) is 4. The van der Waals surface area contributed by atoms with E-state index in [-0.39, 0.29) is 0 Å². The van der Waals surface area contributed by atoms with Crippen molar-refractivity contribution in [3.05, 3.63) is 17.8 Å². The molecule has 0 radical (unpaired) electrons. The van der Waals surface area contributed by atoms with Crippen molar-refractivity contribution in [2.45, 2.75) is 31.7 Å². The van der Waals surface area contributed by atoms with Gasteiger partial charge in [0.2, 0.25) is 0 Å². The van der Waals surface area contributed by atoms with Crippen molar-refractivity contribution in [2.75, 3.05) is 20.1 Å². The molecule has 1 aliphatic heterocycles. The summed E-state index contributed by atoms with van der Waals surface area (Å²) in [6.45, 7) is 1.86. The molecular weight excluding hydrogens is 190 g/mol. The Balaban J connectivity index is 1.99. The summed E-state index contributed by atoms with van der Waals surface area (Å²) < 4.78 is 5.43. The molecule has 0 aliphatic carbocycles. The van der Waals surface area contributed by atoms with Gasteiger partial charge in [0.15, 0.2) is 5.89 Å². The Morgan fingerprint density at radius 1 is 1.67 bits per heavy atom. The number of nitrogens with two attached hydrogens (primary N) is 1. The molecule has 1 fully saturated rings. The predicted molar refractivity (Wildman–Crippen MR) is 58.5 cm³/mol. The second kappa shape index (κ2) is 4.77. The normalized spacial score (nSPS) is 22.4. The van der Waals surface area contributed by atoms with Gasteiger partial charge in [-0.2, -0.15) is 0 Å². The molecule has 15 heavy (non-hydrogen) atoms. The molecule has 1 unspecified atom stereocenters. The van der Waals surface area contributed by atoms with Crippen LogP contribution in [0.5, 0.6) is 0 Å². The van der Waals surface area contributed by atoms with E-state index in [2.05, 4.69) is 16.9 Å². The van der Waals surface area contributed by atoms with Gasteiger partial charge in [0.05, 0.1) is 11.7 Å². The summed E-state index contributed by atoms with van der Waals surface area (Å²) in [5.74, 6) is 0.829. The Kier molecular flexibility index (Phi) is 3.38. The SMILES string of the molecule is CN1CCCC1c1coc(CCCN)n1. The highest BCUT2D eigenvalue weighted by Gasteiger charge is 2.25. The largest absolute Gasteiger partial charge is 0.449 e. The van der Waals surface area contributed by atoms with Crippen molar-refractivity contribution < 1.29 is 4.42 Å². The summed E-state index contributed by atoms with van der Waals surface area (Å²) in [6, 6.07) is 0.459. The zero-order chi connectivity index (χ0) is 10.7. The molecule has 4 heteroatoms. The van der Waals surface area contributed by atoms with E-state index >= 15 is 0 Å². The van der Waals surface area contributed by atoms with E-state index in [9.17, 15) is 0 Å².